The van der Waals surface area contributed by atoms with Gasteiger partial charge in [-0.05, 0) is 61.1 Å². The topological polar surface area (TPSA) is 67.3 Å². The maximum atomic E-state index is 12.6. The molecule has 1 fully saturated rings. The number of nitrogens with zero attached hydrogens (tertiary/aromatic N) is 3. The Kier molecular flexibility index (Phi) is 5.23. The van der Waals surface area contributed by atoms with Crippen molar-refractivity contribution in [2.75, 3.05) is 12.4 Å². The molecule has 0 unspecified atom stereocenters. The van der Waals surface area contributed by atoms with Crippen molar-refractivity contribution in [3.63, 3.8) is 0 Å². The Hall–Kier alpha value is -2.77. The van der Waals surface area contributed by atoms with Gasteiger partial charge >= 0.3 is 0 Å². The van der Waals surface area contributed by atoms with Gasteiger partial charge in [0, 0.05) is 17.8 Å². The van der Waals surface area contributed by atoms with Crippen molar-refractivity contribution in [2.24, 2.45) is 0 Å². The number of hydrogen-bond acceptors (Lipinski definition) is 6. The second-order valence-electron chi connectivity index (χ2n) is 7.84. The van der Waals surface area contributed by atoms with Gasteiger partial charge in [-0.25, -0.2) is 0 Å². The van der Waals surface area contributed by atoms with Crippen LogP contribution in [0.3, 0.4) is 0 Å². The number of carbonyl (C=O) groups excluding carboxylic acids is 1. The summed E-state index contributed by atoms with van der Waals surface area (Å²) < 4.78 is 5.15. The fourth-order valence-corrected chi connectivity index (χ4v) is 4.95. The molecular weight excluding hydrogens is 396 g/mol. The lowest BCUT2D eigenvalue weighted by atomic mass is 10.1. The third-order valence-corrected chi connectivity index (χ3v) is 6.75. The van der Waals surface area contributed by atoms with Crippen molar-refractivity contribution >= 4 is 22.9 Å². The smallest absolute Gasteiger partial charge is 0.286 e. The van der Waals surface area contributed by atoms with Crippen LogP contribution in [0, 0.1) is 0 Å². The maximum absolute atomic E-state index is 12.6. The lowest BCUT2D eigenvalue weighted by molar-refractivity contribution is 0.102. The zero-order valence-corrected chi connectivity index (χ0v) is 17.7. The molecular formula is C23H24N4O2S. The van der Waals surface area contributed by atoms with E-state index >= 15 is 0 Å². The van der Waals surface area contributed by atoms with Gasteiger partial charge in [0.15, 0.2) is 0 Å². The van der Waals surface area contributed by atoms with E-state index in [1.165, 1.54) is 35.3 Å². The molecule has 1 atom stereocenters. The van der Waals surface area contributed by atoms with Gasteiger partial charge in [-0.2, -0.15) is 0 Å². The standard InChI is InChI=1S/C23H24N4O2S/c1-29-18-11-7-16(8-12-18)24-22(28)23-26-25-21(30-23)14-27(17-9-10-17)20-13-6-15-4-2-3-5-19(15)20/h2-5,7-8,11-12,17,20H,6,9-10,13-14H2,1H3,(H,24,28)/t20-/m0/s1. The number of methoxy groups -OCH3 is 1. The molecule has 3 aromatic rings. The second kappa shape index (κ2) is 8.16. The van der Waals surface area contributed by atoms with Gasteiger partial charge in [0.1, 0.15) is 10.8 Å². The molecule has 154 valence electrons. The first-order chi connectivity index (χ1) is 14.7. The molecule has 2 aliphatic carbocycles. The van der Waals surface area contributed by atoms with Gasteiger partial charge < -0.3 is 10.1 Å². The van der Waals surface area contributed by atoms with E-state index in [-0.39, 0.29) is 5.91 Å². The number of ether oxygens (including phenoxy) is 1. The number of rotatable bonds is 7. The third-order valence-electron chi connectivity index (χ3n) is 5.84. The molecule has 1 heterocycles. The van der Waals surface area contributed by atoms with Crippen molar-refractivity contribution < 1.29 is 9.53 Å². The Balaban J connectivity index is 1.28. The minimum absolute atomic E-state index is 0.229. The third kappa shape index (κ3) is 3.95. The maximum Gasteiger partial charge on any atom is 0.286 e. The first-order valence-electron chi connectivity index (χ1n) is 10.3. The largest absolute Gasteiger partial charge is 0.497 e. The summed E-state index contributed by atoms with van der Waals surface area (Å²) in [5, 5.41) is 12.7. The number of anilines is 1. The highest BCUT2D eigenvalue weighted by molar-refractivity contribution is 7.13. The summed E-state index contributed by atoms with van der Waals surface area (Å²) in [6.45, 7) is 0.747. The van der Waals surface area contributed by atoms with Gasteiger partial charge in [-0.3, -0.25) is 9.69 Å². The van der Waals surface area contributed by atoms with Crippen molar-refractivity contribution in [3.8, 4) is 5.75 Å². The summed E-state index contributed by atoms with van der Waals surface area (Å²) in [5.41, 5.74) is 3.62. The molecule has 2 aliphatic rings. The summed E-state index contributed by atoms with van der Waals surface area (Å²) in [7, 11) is 1.62. The van der Waals surface area contributed by atoms with E-state index < -0.39 is 0 Å². The van der Waals surface area contributed by atoms with Crippen LogP contribution in [0.4, 0.5) is 5.69 Å². The second-order valence-corrected chi connectivity index (χ2v) is 8.90. The number of aromatic nitrogens is 2. The van der Waals surface area contributed by atoms with Crippen molar-refractivity contribution in [2.45, 2.75) is 44.3 Å². The highest BCUT2D eigenvalue weighted by atomic mass is 32.1. The number of hydrogen-bond donors (Lipinski definition) is 1. The lowest BCUT2D eigenvalue weighted by Crippen LogP contribution is -2.29. The summed E-state index contributed by atoms with van der Waals surface area (Å²) in [5.74, 6) is 0.521. The number of nitrogens with one attached hydrogen (secondary N) is 1. The SMILES string of the molecule is COc1ccc(NC(=O)c2nnc(CN(C3CC3)[C@H]3CCc4ccccc43)s2)cc1. The number of carbonyl (C=O) groups is 1. The van der Waals surface area contributed by atoms with Crippen LogP contribution in [0.2, 0.25) is 0 Å². The highest BCUT2D eigenvalue weighted by Gasteiger charge is 2.38. The van der Waals surface area contributed by atoms with Crippen LogP contribution in [0.1, 0.15) is 51.2 Å². The Bertz CT molecular complexity index is 1050. The summed E-state index contributed by atoms with van der Waals surface area (Å²) >= 11 is 1.38. The highest BCUT2D eigenvalue weighted by Crippen LogP contribution is 2.42. The van der Waals surface area contributed by atoms with Crippen LogP contribution in [-0.2, 0) is 13.0 Å². The summed E-state index contributed by atoms with van der Waals surface area (Å²) in [4.78, 5) is 15.2. The molecule has 0 radical (unpaired) electrons. The Morgan fingerprint density at radius 3 is 2.70 bits per heavy atom. The van der Waals surface area contributed by atoms with Gasteiger partial charge in [0.2, 0.25) is 5.01 Å². The van der Waals surface area contributed by atoms with E-state index in [9.17, 15) is 4.79 Å². The molecule has 0 aliphatic heterocycles. The minimum atomic E-state index is -0.229. The fraction of sp³-hybridized carbons (Fsp3) is 0.348. The molecule has 1 amide bonds. The molecule has 1 N–H and O–H groups in total. The Labute approximate surface area is 179 Å². The van der Waals surface area contributed by atoms with Crippen LogP contribution >= 0.6 is 11.3 Å². The molecule has 1 saturated carbocycles. The molecule has 7 heteroatoms. The molecule has 2 aromatic carbocycles. The fourth-order valence-electron chi connectivity index (χ4n) is 4.20. The van der Waals surface area contributed by atoms with Crippen LogP contribution in [0.25, 0.3) is 0 Å². The Morgan fingerprint density at radius 1 is 1.13 bits per heavy atom. The van der Waals surface area contributed by atoms with Crippen LogP contribution in [0.15, 0.2) is 48.5 Å². The minimum Gasteiger partial charge on any atom is -0.497 e. The zero-order valence-electron chi connectivity index (χ0n) is 16.9. The zero-order chi connectivity index (χ0) is 20.5. The molecule has 1 aromatic heterocycles. The van der Waals surface area contributed by atoms with Gasteiger partial charge in [-0.15, -0.1) is 10.2 Å². The van der Waals surface area contributed by atoms with E-state index in [4.69, 9.17) is 4.74 Å². The Morgan fingerprint density at radius 2 is 1.93 bits per heavy atom. The molecule has 5 rings (SSSR count). The first kappa shape index (κ1) is 19.2. The quantitative estimate of drug-likeness (QED) is 0.612. The van der Waals surface area contributed by atoms with E-state index in [1.807, 2.05) is 24.3 Å². The molecule has 30 heavy (non-hydrogen) atoms. The van der Waals surface area contributed by atoms with Crippen LogP contribution < -0.4 is 10.1 Å². The van der Waals surface area contributed by atoms with E-state index in [0.29, 0.717) is 22.8 Å². The average Bonchev–Trinajstić information content (AvgIpc) is 3.36. The molecule has 0 spiro atoms. The van der Waals surface area contributed by atoms with E-state index in [1.54, 1.807) is 7.11 Å². The van der Waals surface area contributed by atoms with E-state index in [0.717, 1.165) is 30.1 Å². The van der Waals surface area contributed by atoms with E-state index in [2.05, 4.69) is 44.7 Å². The lowest BCUT2D eigenvalue weighted by Gasteiger charge is -2.28. The van der Waals surface area contributed by atoms with Crippen molar-refractivity contribution in [1.82, 2.24) is 15.1 Å². The summed E-state index contributed by atoms with van der Waals surface area (Å²) in [6, 6.07) is 17.1. The number of amides is 1. The molecule has 0 bridgehead atoms. The van der Waals surface area contributed by atoms with Gasteiger partial charge in [0.25, 0.3) is 5.91 Å². The van der Waals surface area contributed by atoms with Crippen molar-refractivity contribution in [1.29, 1.82) is 0 Å². The predicted molar refractivity (Wildman–Crippen MR) is 117 cm³/mol. The molecule has 0 saturated heterocycles. The number of aryl methyl sites for hydroxylation is 1. The van der Waals surface area contributed by atoms with Crippen molar-refractivity contribution in [3.05, 3.63) is 69.7 Å². The van der Waals surface area contributed by atoms with Crippen LogP contribution in [-0.4, -0.2) is 34.2 Å². The number of benzene rings is 2. The normalized spacial score (nSPS) is 17.7. The predicted octanol–water partition coefficient (Wildman–Crippen LogP) is 4.45. The van der Waals surface area contributed by atoms with Gasteiger partial charge in [0.05, 0.1) is 13.7 Å². The number of fused-ring (bicyclic) bond motifs is 1. The van der Waals surface area contributed by atoms with Crippen LogP contribution in [0.5, 0.6) is 5.75 Å². The van der Waals surface area contributed by atoms with Gasteiger partial charge in [-0.1, -0.05) is 35.6 Å². The summed E-state index contributed by atoms with van der Waals surface area (Å²) in [6.07, 6.45) is 4.76. The monoisotopic (exact) mass is 420 g/mol. The average molecular weight is 421 g/mol. The molecule has 6 nitrogen and oxygen atoms in total. The first-order valence-corrected chi connectivity index (χ1v) is 11.1.